The molecule has 0 N–H and O–H groups in total. The highest BCUT2D eigenvalue weighted by Crippen LogP contribution is 2.61. The van der Waals surface area contributed by atoms with Crippen molar-refractivity contribution in [1.82, 2.24) is 0 Å². The monoisotopic (exact) mass is 324 g/mol. The number of carbonyl (C=O) groups excluding carboxylic acids is 1. The molecule has 0 radical (unpaired) electrons. The Morgan fingerprint density at radius 3 is 2.17 bits per heavy atom. The number of hydrogen-bond acceptors (Lipinski definition) is 2. The van der Waals surface area contributed by atoms with Crippen LogP contribution >= 0.6 is 27.3 Å². The smallest absolute Gasteiger partial charge is 0.180 e. The zero-order chi connectivity index (χ0) is 12.3. The van der Waals surface area contributed by atoms with Crippen LogP contribution in [0.5, 0.6) is 0 Å². The number of carbonyl (C=O) groups is 1. The zero-order valence-electron chi connectivity index (χ0n) is 10.3. The van der Waals surface area contributed by atoms with Crippen LogP contribution in [0.15, 0.2) is 15.9 Å². The van der Waals surface area contributed by atoms with Crippen molar-refractivity contribution in [2.24, 2.45) is 23.2 Å². The van der Waals surface area contributed by atoms with Crippen LogP contribution in [0.3, 0.4) is 0 Å². The fourth-order valence-electron chi connectivity index (χ4n) is 5.09. The lowest BCUT2D eigenvalue weighted by Crippen LogP contribution is -2.49. The summed E-state index contributed by atoms with van der Waals surface area (Å²) < 4.78 is 1.01. The molecule has 0 aliphatic heterocycles. The van der Waals surface area contributed by atoms with E-state index in [1.165, 1.54) is 38.5 Å². The lowest BCUT2D eigenvalue weighted by Gasteiger charge is -2.55. The van der Waals surface area contributed by atoms with Gasteiger partial charge in [0.1, 0.15) is 0 Å². The number of halogens is 1. The van der Waals surface area contributed by atoms with Gasteiger partial charge in [-0.05, 0) is 83.7 Å². The van der Waals surface area contributed by atoms with E-state index < -0.39 is 0 Å². The van der Waals surface area contributed by atoms with Gasteiger partial charge < -0.3 is 0 Å². The zero-order valence-corrected chi connectivity index (χ0v) is 12.7. The van der Waals surface area contributed by atoms with E-state index in [0.29, 0.717) is 5.78 Å². The largest absolute Gasteiger partial charge is 0.293 e. The second kappa shape index (κ2) is 3.92. The molecule has 0 spiro atoms. The molecule has 0 aromatic carbocycles. The summed E-state index contributed by atoms with van der Waals surface area (Å²) in [7, 11) is 0. The SMILES string of the molecule is O=C(c1sccc1Br)C12CC3CC(CC(C3)C1)C2. The predicted molar refractivity (Wildman–Crippen MR) is 77.0 cm³/mol. The molecule has 3 heteroatoms. The van der Waals surface area contributed by atoms with E-state index >= 15 is 0 Å². The van der Waals surface area contributed by atoms with Crippen LogP contribution in [0.25, 0.3) is 0 Å². The summed E-state index contributed by atoms with van der Waals surface area (Å²) in [5, 5.41) is 2.03. The molecule has 4 bridgehead atoms. The first-order valence-electron chi connectivity index (χ1n) is 6.94. The van der Waals surface area contributed by atoms with Crippen LogP contribution in [0.4, 0.5) is 0 Å². The first-order valence-corrected chi connectivity index (χ1v) is 8.61. The van der Waals surface area contributed by atoms with Gasteiger partial charge in [0.15, 0.2) is 5.78 Å². The Hall–Kier alpha value is -0.150. The van der Waals surface area contributed by atoms with E-state index in [2.05, 4.69) is 15.9 Å². The maximum absolute atomic E-state index is 13.0. The van der Waals surface area contributed by atoms with Crippen LogP contribution in [-0.2, 0) is 0 Å². The summed E-state index contributed by atoms with van der Waals surface area (Å²) in [6, 6.07) is 2.01. The van der Waals surface area contributed by atoms with E-state index in [-0.39, 0.29) is 5.41 Å². The Kier molecular flexibility index (Phi) is 2.54. The molecule has 1 aromatic rings. The van der Waals surface area contributed by atoms with Crippen LogP contribution in [0, 0.1) is 23.2 Å². The van der Waals surface area contributed by atoms with Gasteiger partial charge in [-0.3, -0.25) is 4.79 Å². The van der Waals surface area contributed by atoms with Crippen LogP contribution in [0.2, 0.25) is 0 Å². The molecule has 18 heavy (non-hydrogen) atoms. The summed E-state index contributed by atoms with van der Waals surface area (Å²) in [6.45, 7) is 0. The maximum atomic E-state index is 13.0. The highest BCUT2D eigenvalue weighted by molar-refractivity contribution is 9.10. The number of ketones is 1. The molecule has 0 saturated heterocycles. The van der Waals surface area contributed by atoms with Gasteiger partial charge in [-0.15, -0.1) is 11.3 Å². The summed E-state index contributed by atoms with van der Waals surface area (Å²) in [5.74, 6) is 2.99. The molecule has 4 aliphatic rings. The molecule has 0 atom stereocenters. The van der Waals surface area contributed by atoms with Crippen LogP contribution < -0.4 is 0 Å². The third-order valence-corrected chi connectivity index (χ3v) is 7.18. The van der Waals surface area contributed by atoms with Crippen molar-refractivity contribution in [2.75, 3.05) is 0 Å². The molecule has 1 heterocycles. The van der Waals surface area contributed by atoms with Crippen molar-refractivity contribution in [3.8, 4) is 0 Å². The normalized spacial score (nSPS) is 41.3. The molecular formula is C15H17BrOS. The van der Waals surface area contributed by atoms with E-state index in [1.54, 1.807) is 11.3 Å². The van der Waals surface area contributed by atoms with Crippen LogP contribution in [0.1, 0.15) is 48.2 Å². The molecular weight excluding hydrogens is 308 g/mol. The highest BCUT2D eigenvalue weighted by atomic mass is 79.9. The standard InChI is InChI=1S/C15H17BrOS/c16-12-1-2-18-13(12)14(17)15-6-9-3-10(7-15)5-11(4-9)8-15/h1-2,9-11H,3-8H2. The third kappa shape index (κ3) is 1.59. The Labute approximate surface area is 120 Å². The Morgan fingerprint density at radius 1 is 1.17 bits per heavy atom. The fraction of sp³-hybridized carbons (Fsp3) is 0.667. The van der Waals surface area contributed by atoms with Gasteiger partial charge in [0, 0.05) is 9.89 Å². The minimum atomic E-state index is 0.0160. The van der Waals surface area contributed by atoms with Gasteiger partial charge in [-0.1, -0.05) is 0 Å². The van der Waals surface area contributed by atoms with Gasteiger partial charge in [0.05, 0.1) is 4.88 Å². The lowest BCUT2D eigenvalue weighted by atomic mass is 9.48. The molecule has 5 rings (SSSR count). The number of thiophene rings is 1. The minimum Gasteiger partial charge on any atom is -0.293 e. The number of hydrogen-bond donors (Lipinski definition) is 0. The summed E-state index contributed by atoms with van der Waals surface area (Å²) in [5.41, 5.74) is 0.0160. The lowest BCUT2D eigenvalue weighted by molar-refractivity contribution is -0.0351. The summed E-state index contributed by atoms with van der Waals surface area (Å²) >= 11 is 5.15. The Morgan fingerprint density at radius 2 is 1.72 bits per heavy atom. The second-order valence-electron chi connectivity index (χ2n) is 6.62. The topological polar surface area (TPSA) is 17.1 Å². The molecule has 4 fully saturated rings. The first-order chi connectivity index (χ1) is 8.66. The van der Waals surface area contributed by atoms with E-state index in [1.807, 2.05) is 11.4 Å². The van der Waals surface area contributed by atoms with Crippen LogP contribution in [-0.4, -0.2) is 5.78 Å². The van der Waals surface area contributed by atoms with E-state index in [0.717, 1.165) is 27.1 Å². The van der Waals surface area contributed by atoms with Crippen molar-refractivity contribution in [2.45, 2.75) is 38.5 Å². The van der Waals surface area contributed by atoms with E-state index in [4.69, 9.17) is 0 Å². The second-order valence-corrected chi connectivity index (χ2v) is 8.40. The fourth-order valence-corrected chi connectivity index (χ4v) is 6.70. The highest BCUT2D eigenvalue weighted by Gasteiger charge is 2.54. The van der Waals surface area contributed by atoms with Gasteiger partial charge in [0.2, 0.25) is 0 Å². The van der Waals surface area contributed by atoms with Crippen molar-refractivity contribution < 1.29 is 4.79 Å². The molecule has 96 valence electrons. The average molecular weight is 325 g/mol. The maximum Gasteiger partial charge on any atom is 0.180 e. The average Bonchev–Trinajstić information content (AvgIpc) is 2.72. The molecule has 4 saturated carbocycles. The Balaban J connectivity index is 1.72. The molecule has 0 amide bonds. The summed E-state index contributed by atoms with van der Waals surface area (Å²) in [6.07, 6.45) is 7.71. The summed E-state index contributed by atoms with van der Waals surface area (Å²) in [4.78, 5) is 13.9. The van der Waals surface area contributed by atoms with Crippen molar-refractivity contribution in [3.63, 3.8) is 0 Å². The Bertz CT molecular complexity index is 469. The number of Topliss-reactive ketones (excluding diaryl/α,β-unsaturated/α-hetero) is 1. The van der Waals surface area contributed by atoms with Crippen molar-refractivity contribution in [3.05, 3.63) is 20.8 Å². The van der Waals surface area contributed by atoms with Gasteiger partial charge in [0.25, 0.3) is 0 Å². The molecule has 1 nitrogen and oxygen atoms in total. The quantitative estimate of drug-likeness (QED) is 0.706. The third-order valence-electron chi connectivity index (χ3n) is 5.34. The molecule has 0 unspecified atom stereocenters. The van der Waals surface area contributed by atoms with Gasteiger partial charge >= 0.3 is 0 Å². The van der Waals surface area contributed by atoms with Crippen molar-refractivity contribution >= 4 is 33.0 Å². The van der Waals surface area contributed by atoms with Gasteiger partial charge in [-0.2, -0.15) is 0 Å². The first kappa shape index (κ1) is 11.7. The van der Waals surface area contributed by atoms with Gasteiger partial charge in [-0.25, -0.2) is 0 Å². The molecule has 4 aliphatic carbocycles. The number of rotatable bonds is 2. The predicted octanol–water partition coefficient (Wildman–Crippen LogP) is 4.91. The van der Waals surface area contributed by atoms with Crippen molar-refractivity contribution in [1.29, 1.82) is 0 Å². The van der Waals surface area contributed by atoms with E-state index in [9.17, 15) is 4.79 Å². The molecule has 1 aromatic heterocycles. The minimum absolute atomic E-state index is 0.0160.